The third-order valence-electron chi connectivity index (χ3n) is 3.16. The van der Waals surface area contributed by atoms with Crippen molar-refractivity contribution < 1.29 is 4.74 Å². The summed E-state index contributed by atoms with van der Waals surface area (Å²) in [5.74, 6) is 0. The predicted molar refractivity (Wildman–Crippen MR) is 78.5 cm³/mol. The van der Waals surface area contributed by atoms with Crippen molar-refractivity contribution in [2.24, 2.45) is 5.73 Å². The Balaban J connectivity index is 2.16. The van der Waals surface area contributed by atoms with Crippen LogP contribution in [-0.2, 0) is 11.2 Å². The maximum absolute atomic E-state index is 6.10. The van der Waals surface area contributed by atoms with Gasteiger partial charge in [0.1, 0.15) is 0 Å². The van der Waals surface area contributed by atoms with Crippen molar-refractivity contribution in [1.29, 1.82) is 0 Å². The third kappa shape index (κ3) is 3.64. The lowest BCUT2D eigenvalue weighted by molar-refractivity contribution is 0.127. The standard InChI is InChI=1S/C14H20ClNOS/c1-9(16)7-11-3-4-12(15)8-14(11)18-13-5-6-17-10(13)2/h3-4,8-10,13H,5-7,16H2,1-2H3. The Hall–Kier alpha value is -0.220. The van der Waals surface area contributed by atoms with Gasteiger partial charge in [-0.05, 0) is 44.4 Å². The van der Waals surface area contributed by atoms with Crippen LogP contribution in [-0.4, -0.2) is 24.0 Å². The summed E-state index contributed by atoms with van der Waals surface area (Å²) in [5, 5.41) is 1.31. The van der Waals surface area contributed by atoms with E-state index >= 15 is 0 Å². The van der Waals surface area contributed by atoms with E-state index in [9.17, 15) is 0 Å². The zero-order valence-corrected chi connectivity index (χ0v) is 12.4. The topological polar surface area (TPSA) is 35.2 Å². The van der Waals surface area contributed by atoms with E-state index in [0.29, 0.717) is 11.4 Å². The zero-order valence-electron chi connectivity index (χ0n) is 10.9. The van der Waals surface area contributed by atoms with Gasteiger partial charge >= 0.3 is 0 Å². The van der Waals surface area contributed by atoms with Crippen molar-refractivity contribution >= 4 is 23.4 Å². The summed E-state index contributed by atoms with van der Waals surface area (Å²) in [6, 6.07) is 6.25. The molecule has 1 heterocycles. The molecule has 3 unspecified atom stereocenters. The lowest BCUT2D eigenvalue weighted by atomic mass is 10.1. The molecule has 2 nitrogen and oxygen atoms in total. The molecule has 0 aliphatic carbocycles. The molecule has 100 valence electrons. The second-order valence-corrected chi connectivity index (χ2v) is 6.67. The molecule has 1 aliphatic rings. The quantitative estimate of drug-likeness (QED) is 0.920. The van der Waals surface area contributed by atoms with Crippen LogP contribution in [0.4, 0.5) is 0 Å². The first-order chi connectivity index (χ1) is 8.56. The smallest absolute Gasteiger partial charge is 0.0669 e. The summed E-state index contributed by atoms with van der Waals surface area (Å²) in [4.78, 5) is 1.25. The fourth-order valence-corrected chi connectivity index (χ4v) is 3.73. The molecule has 2 N–H and O–H groups in total. The van der Waals surface area contributed by atoms with Gasteiger partial charge in [0.15, 0.2) is 0 Å². The van der Waals surface area contributed by atoms with E-state index in [1.165, 1.54) is 10.5 Å². The molecular formula is C14H20ClNOS. The molecule has 0 radical (unpaired) electrons. The van der Waals surface area contributed by atoms with Crippen molar-refractivity contribution in [2.45, 2.75) is 49.0 Å². The second kappa shape index (κ2) is 6.29. The number of nitrogens with two attached hydrogens (primary N) is 1. The van der Waals surface area contributed by atoms with Crippen LogP contribution in [0, 0.1) is 0 Å². The van der Waals surface area contributed by atoms with Crippen LogP contribution in [0.15, 0.2) is 23.1 Å². The predicted octanol–water partition coefficient (Wildman–Crippen LogP) is 3.50. The summed E-state index contributed by atoms with van der Waals surface area (Å²) in [5.41, 5.74) is 7.19. The number of ether oxygens (including phenoxy) is 1. The number of thioether (sulfide) groups is 1. The molecule has 1 aromatic carbocycles. The van der Waals surface area contributed by atoms with E-state index in [4.69, 9.17) is 22.1 Å². The van der Waals surface area contributed by atoms with Gasteiger partial charge in [-0.1, -0.05) is 17.7 Å². The molecular weight excluding hydrogens is 266 g/mol. The summed E-state index contributed by atoms with van der Waals surface area (Å²) in [6.45, 7) is 5.03. The van der Waals surface area contributed by atoms with Gasteiger partial charge in [0.05, 0.1) is 6.10 Å². The van der Waals surface area contributed by atoms with Gasteiger partial charge in [-0.25, -0.2) is 0 Å². The van der Waals surface area contributed by atoms with Gasteiger partial charge in [0, 0.05) is 27.8 Å². The van der Waals surface area contributed by atoms with E-state index in [0.717, 1.165) is 24.5 Å². The SMILES string of the molecule is CC(N)Cc1ccc(Cl)cc1SC1CCOC1C. The van der Waals surface area contributed by atoms with Gasteiger partial charge in [-0.15, -0.1) is 11.8 Å². The molecule has 0 aromatic heterocycles. The molecule has 1 aromatic rings. The molecule has 1 aliphatic heterocycles. The maximum atomic E-state index is 6.10. The first kappa shape index (κ1) is 14.2. The van der Waals surface area contributed by atoms with Gasteiger partial charge in [0.25, 0.3) is 0 Å². The molecule has 1 fully saturated rings. The Kier molecular flexibility index (Phi) is 4.96. The highest BCUT2D eigenvalue weighted by Crippen LogP contribution is 2.36. The number of hydrogen-bond donors (Lipinski definition) is 1. The molecule has 2 rings (SSSR count). The molecule has 0 amide bonds. The van der Waals surface area contributed by atoms with Gasteiger partial charge < -0.3 is 10.5 Å². The van der Waals surface area contributed by atoms with Crippen LogP contribution in [0.5, 0.6) is 0 Å². The maximum Gasteiger partial charge on any atom is 0.0669 e. The van der Waals surface area contributed by atoms with Crippen LogP contribution in [0.1, 0.15) is 25.8 Å². The zero-order chi connectivity index (χ0) is 13.1. The lowest BCUT2D eigenvalue weighted by Crippen LogP contribution is -2.19. The number of hydrogen-bond acceptors (Lipinski definition) is 3. The van der Waals surface area contributed by atoms with E-state index in [-0.39, 0.29) is 6.04 Å². The summed E-state index contributed by atoms with van der Waals surface area (Å²) in [6.07, 6.45) is 2.31. The van der Waals surface area contributed by atoms with Crippen LogP contribution in [0.2, 0.25) is 5.02 Å². The van der Waals surface area contributed by atoms with Crippen molar-refractivity contribution in [3.8, 4) is 0 Å². The largest absolute Gasteiger partial charge is 0.377 e. The Bertz CT molecular complexity index is 411. The van der Waals surface area contributed by atoms with Crippen molar-refractivity contribution in [3.63, 3.8) is 0 Å². The number of benzene rings is 1. The fourth-order valence-electron chi connectivity index (χ4n) is 2.18. The lowest BCUT2D eigenvalue weighted by Gasteiger charge is -2.17. The van der Waals surface area contributed by atoms with E-state index in [1.807, 2.05) is 24.8 Å². The van der Waals surface area contributed by atoms with E-state index < -0.39 is 0 Å². The Morgan fingerprint density at radius 1 is 1.56 bits per heavy atom. The summed E-state index contributed by atoms with van der Waals surface area (Å²) in [7, 11) is 0. The normalized spacial score (nSPS) is 25.3. The van der Waals surface area contributed by atoms with Crippen LogP contribution < -0.4 is 5.73 Å². The minimum atomic E-state index is 0.169. The average Bonchev–Trinajstić information content (AvgIpc) is 2.68. The Morgan fingerprint density at radius 2 is 2.33 bits per heavy atom. The van der Waals surface area contributed by atoms with Crippen molar-refractivity contribution in [1.82, 2.24) is 0 Å². The van der Waals surface area contributed by atoms with E-state index in [1.54, 1.807) is 0 Å². The molecule has 0 bridgehead atoms. The molecule has 0 spiro atoms. The number of rotatable bonds is 4. The van der Waals surface area contributed by atoms with Crippen LogP contribution in [0.3, 0.4) is 0 Å². The summed E-state index contributed by atoms with van der Waals surface area (Å²) < 4.78 is 5.61. The first-order valence-corrected chi connectivity index (χ1v) is 7.64. The monoisotopic (exact) mass is 285 g/mol. The highest BCUT2D eigenvalue weighted by molar-refractivity contribution is 8.00. The highest BCUT2D eigenvalue weighted by atomic mass is 35.5. The third-order valence-corrected chi connectivity index (χ3v) is 4.95. The Labute approximate surface area is 118 Å². The molecule has 0 saturated carbocycles. The molecule has 4 heteroatoms. The van der Waals surface area contributed by atoms with Crippen molar-refractivity contribution in [2.75, 3.05) is 6.61 Å². The van der Waals surface area contributed by atoms with Gasteiger partial charge in [0.2, 0.25) is 0 Å². The van der Waals surface area contributed by atoms with E-state index in [2.05, 4.69) is 19.1 Å². The molecule has 3 atom stereocenters. The minimum Gasteiger partial charge on any atom is -0.377 e. The Morgan fingerprint density at radius 3 is 2.94 bits per heavy atom. The molecule has 18 heavy (non-hydrogen) atoms. The fraction of sp³-hybridized carbons (Fsp3) is 0.571. The number of halogens is 1. The van der Waals surface area contributed by atoms with Crippen LogP contribution >= 0.6 is 23.4 Å². The minimum absolute atomic E-state index is 0.169. The van der Waals surface area contributed by atoms with Gasteiger partial charge in [-0.3, -0.25) is 0 Å². The second-order valence-electron chi connectivity index (χ2n) is 4.95. The highest BCUT2D eigenvalue weighted by Gasteiger charge is 2.26. The first-order valence-electron chi connectivity index (χ1n) is 6.38. The average molecular weight is 286 g/mol. The van der Waals surface area contributed by atoms with Crippen LogP contribution in [0.25, 0.3) is 0 Å². The summed E-state index contributed by atoms with van der Waals surface area (Å²) >= 11 is 7.98. The van der Waals surface area contributed by atoms with Crippen molar-refractivity contribution in [3.05, 3.63) is 28.8 Å². The van der Waals surface area contributed by atoms with Gasteiger partial charge in [-0.2, -0.15) is 0 Å². The molecule has 1 saturated heterocycles.